The van der Waals surface area contributed by atoms with Gasteiger partial charge in [-0.05, 0) is 36.4 Å². The van der Waals surface area contributed by atoms with E-state index in [1.165, 1.54) is 12.1 Å². The van der Waals surface area contributed by atoms with E-state index in [-0.39, 0.29) is 5.82 Å². The smallest absolute Gasteiger partial charge is 0.137 e. The number of fused-ring (bicyclic) bond motifs is 1. The molecular formula is C17H16FN3. The highest BCUT2D eigenvalue weighted by Crippen LogP contribution is 2.28. The minimum atomic E-state index is -0.252. The number of pyridine rings is 1. The van der Waals surface area contributed by atoms with E-state index in [0.717, 1.165) is 28.0 Å². The lowest BCUT2D eigenvalue weighted by atomic mass is 10.1. The van der Waals surface area contributed by atoms with Crippen molar-refractivity contribution in [3.8, 4) is 0 Å². The van der Waals surface area contributed by atoms with E-state index in [1.54, 1.807) is 12.1 Å². The average Bonchev–Trinajstić information content (AvgIpc) is 2.53. The van der Waals surface area contributed by atoms with Crippen molar-refractivity contribution < 1.29 is 4.39 Å². The van der Waals surface area contributed by atoms with Gasteiger partial charge in [-0.1, -0.05) is 18.2 Å². The van der Waals surface area contributed by atoms with Crippen LogP contribution in [-0.4, -0.2) is 12.0 Å². The first kappa shape index (κ1) is 13.5. The topological polar surface area (TPSA) is 42.2 Å². The minimum Gasteiger partial charge on any atom is -0.329 e. The van der Waals surface area contributed by atoms with Crippen LogP contribution < -0.4 is 10.6 Å². The fourth-order valence-corrected chi connectivity index (χ4v) is 2.38. The van der Waals surface area contributed by atoms with Crippen LogP contribution in [0, 0.1) is 5.82 Å². The van der Waals surface area contributed by atoms with E-state index in [1.807, 2.05) is 36.2 Å². The molecule has 0 bridgehead atoms. The maximum absolute atomic E-state index is 13.1. The molecule has 0 radical (unpaired) electrons. The second-order valence-electron chi connectivity index (χ2n) is 4.90. The summed E-state index contributed by atoms with van der Waals surface area (Å²) in [5.74, 6) is 0.542. The number of benzene rings is 2. The largest absolute Gasteiger partial charge is 0.329 e. The molecule has 2 N–H and O–H groups in total. The van der Waals surface area contributed by atoms with Gasteiger partial charge in [-0.2, -0.15) is 0 Å². The molecule has 0 saturated carbocycles. The third-order valence-corrected chi connectivity index (χ3v) is 3.53. The summed E-state index contributed by atoms with van der Waals surface area (Å²) >= 11 is 0. The fraction of sp³-hybridized carbons (Fsp3) is 0.118. The molecule has 0 fully saturated rings. The first-order valence-corrected chi connectivity index (χ1v) is 6.77. The highest BCUT2D eigenvalue weighted by molar-refractivity contribution is 5.82. The van der Waals surface area contributed by atoms with E-state index in [4.69, 9.17) is 10.7 Å². The second kappa shape index (κ2) is 5.50. The number of halogens is 1. The van der Waals surface area contributed by atoms with Crippen LogP contribution in [0.2, 0.25) is 0 Å². The summed E-state index contributed by atoms with van der Waals surface area (Å²) in [5, 5.41) is 1.06. The predicted molar refractivity (Wildman–Crippen MR) is 84.1 cm³/mol. The summed E-state index contributed by atoms with van der Waals surface area (Å²) in [6.45, 7) is 0.401. The normalized spacial score (nSPS) is 10.8. The van der Waals surface area contributed by atoms with Crippen LogP contribution in [0.25, 0.3) is 10.9 Å². The van der Waals surface area contributed by atoms with Crippen LogP contribution >= 0.6 is 0 Å². The zero-order chi connectivity index (χ0) is 14.8. The highest BCUT2D eigenvalue weighted by Gasteiger charge is 2.12. The Hall–Kier alpha value is -2.46. The summed E-state index contributed by atoms with van der Waals surface area (Å²) in [7, 11) is 1.91. The molecule has 4 heteroatoms. The van der Waals surface area contributed by atoms with Crippen LogP contribution in [-0.2, 0) is 6.54 Å². The first-order valence-electron chi connectivity index (χ1n) is 6.77. The predicted octanol–water partition coefficient (Wildman–Crippen LogP) is 3.60. The van der Waals surface area contributed by atoms with Crippen molar-refractivity contribution in [1.82, 2.24) is 4.98 Å². The second-order valence-corrected chi connectivity index (χ2v) is 4.90. The van der Waals surface area contributed by atoms with Crippen molar-refractivity contribution in [1.29, 1.82) is 0 Å². The maximum atomic E-state index is 13.1. The van der Waals surface area contributed by atoms with Gasteiger partial charge in [0, 0.05) is 30.2 Å². The van der Waals surface area contributed by atoms with E-state index in [0.29, 0.717) is 6.54 Å². The van der Waals surface area contributed by atoms with Crippen molar-refractivity contribution in [3.63, 3.8) is 0 Å². The molecule has 0 unspecified atom stereocenters. The van der Waals surface area contributed by atoms with Crippen LogP contribution in [0.5, 0.6) is 0 Å². The lowest BCUT2D eigenvalue weighted by Crippen LogP contribution is -2.15. The van der Waals surface area contributed by atoms with Crippen molar-refractivity contribution in [2.24, 2.45) is 5.73 Å². The Kier molecular flexibility index (Phi) is 3.54. The molecule has 0 spiro atoms. The SMILES string of the molecule is CN(c1ccc(F)cc1)c1nc2ccccc2cc1CN. The molecule has 0 atom stereocenters. The zero-order valence-corrected chi connectivity index (χ0v) is 11.8. The molecular weight excluding hydrogens is 265 g/mol. The van der Waals surface area contributed by atoms with E-state index < -0.39 is 0 Å². The summed E-state index contributed by atoms with van der Waals surface area (Å²) in [5.41, 5.74) is 8.60. The van der Waals surface area contributed by atoms with Crippen LogP contribution in [0.1, 0.15) is 5.56 Å². The molecule has 0 saturated heterocycles. The van der Waals surface area contributed by atoms with Gasteiger partial charge in [0.1, 0.15) is 11.6 Å². The molecule has 0 amide bonds. The average molecular weight is 281 g/mol. The third-order valence-electron chi connectivity index (χ3n) is 3.53. The summed E-state index contributed by atoms with van der Waals surface area (Å²) < 4.78 is 13.1. The molecule has 0 aliphatic heterocycles. The summed E-state index contributed by atoms with van der Waals surface area (Å²) in [4.78, 5) is 6.62. The van der Waals surface area contributed by atoms with Crippen molar-refractivity contribution in [3.05, 3.63) is 66.0 Å². The molecule has 3 rings (SSSR count). The Morgan fingerprint density at radius 3 is 2.52 bits per heavy atom. The van der Waals surface area contributed by atoms with E-state index in [9.17, 15) is 4.39 Å². The summed E-state index contributed by atoms with van der Waals surface area (Å²) in [6, 6.07) is 16.3. The number of anilines is 2. The molecule has 106 valence electrons. The van der Waals surface area contributed by atoms with E-state index in [2.05, 4.69) is 6.07 Å². The lowest BCUT2D eigenvalue weighted by molar-refractivity contribution is 0.628. The molecule has 2 aromatic carbocycles. The fourth-order valence-electron chi connectivity index (χ4n) is 2.38. The van der Waals surface area contributed by atoms with Gasteiger partial charge in [0.2, 0.25) is 0 Å². The zero-order valence-electron chi connectivity index (χ0n) is 11.8. The van der Waals surface area contributed by atoms with Crippen LogP contribution in [0.3, 0.4) is 0 Å². The lowest BCUT2D eigenvalue weighted by Gasteiger charge is -2.21. The van der Waals surface area contributed by atoms with Crippen LogP contribution in [0.15, 0.2) is 54.6 Å². The van der Waals surface area contributed by atoms with Gasteiger partial charge in [-0.25, -0.2) is 9.37 Å². The molecule has 21 heavy (non-hydrogen) atoms. The van der Waals surface area contributed by atoms with Crippen molar-refractivity contribution in [2.75, 3.05) is 11.9 Å². The monoisotopic (exact) mass is 281 g/mol. The van der Waals surface area contributed by atoms with Crippen molar-refractivity contribution in [2.45, 2.75) is 6.54 Å². The van der Waals surface area contributed by atoms with Gasteiger partial charge in [0.25, 0.3) is 0 Å². The van der Waals surface area contributed by atoms with Gasteiger partial charge < -0.3 is 10.6 Å². The maximum Gasteiger partial charge on any atom is 0.137 e. The molecule has 1 aromatic heterocycles. The molecule has 3 aromatic rings. The number of aromatic nitrogens is 1. The Labute approximate surface area is 122 Å². The first-order chi connectivity index (χ1) is 10.2. The minimum absolute atomic E-state index is 0.252. The Balaban J connectivity index is 2.11. The summed E-state index contributed by atoms with van der Waals surface area (Å²) in [6.07, 6.45) is 0. The van der Waals surface area contributed by atoms with Gasteiger partial charge >= 0.3 is 0 Å². The molecule has 1 heterocycles. The van der Waals surface area contributed by atoms with Gasteiger partial charge in [0.15, 0.2) is 0 Å². The molecule has 3 nitrogen and oxygen atoms in total. The number of rotatable bonds is 3. The van der Waals surface area contributed by atoms with Crippen LogP contribution in [0.4, 0.5) is 15.9 Å². The Morgan fingerprint density at radius 1 is 1.10 bits per heavy atom. The molecule has 0 aliphatic rings. The van der Waals surface area contributed by atoms with Crippen molar-refractivity contribution >= 4 is 22.4 Å². The van der Waals surface area contributed by atoms with Gasteiger partial charge in [0.05, 0.1) is 5.52 Å². The number of hydrogen-bond donors (Lipinski definition) is 1. The third kappa shape index (κ3) is 2.58. The quantitative estimate of drug-likeness (QED) is 0.797. The standard InChI is InChI=1S/C17H16FN3/c1-21(15-8-6-14(18)7-9-15)17-13(11-19)10-12-4-2-3-5-16(12)20-17/h2-10H,11,19H2,1H3. The number of nitrogens with zero attached hydrogens (tertiary/aromatic N) is 2. The Bertz CT molecular complexity index is 769. The number of para-hydroxylation sites is 1. The van der Waals surface area contributed by atoms with Gasteiger partial charge in [-0.3, -0.25) is 0 Å². The van der Waals surface area contributed by atoms with Gasteiger partial charge in [-0.15, -0.1) is 0 Å². The number of nitrogens with two attached hydrogens (primary N) is 1. The Morgan fingerprint density at radius 2 is 1.81 bits per heavy atom. The number of hydrogen-bond acceptors (Lipinski definition) is 3. The van der Waals surface area contributed by atoms with E-state index >= 15 is 0 Å². The molecule has 0 aliphatic carbocycles. The highest BCUT2D eigenvalue weighted by atomic mass is 19.1.